The molecule has 1 saturated carbocycles. The molecule has 1 amide bonds. The number of thioether (sulfide) groups is 1. The van der Waals surface area contributed by atoms with Gasteiger partial charge in [-0.1, -0.05) is 41.9 Å². The Bertz CT molecular complexity index is 1070. The van der Waals surface area contributed by atoms with E-state index < -0.39 is 5.25 Å². The van der Waals surface area contributed by atoms with Crippen molar-refractivity contribution in [2.24, 2.45) is 0 Å². The van der Waals surface area contributed by atoms with Gasteiger partial charge in [0.1, 0.15) is 0 Å². The Morgan fingerprint density at radius 1 is 1.32 bits per heavy atom. The van der Waals surface area contributed by atoms with Gasteiger partial charge >= 0.3 is 0 Å². The summed E-state index contributed by atoms with van der Waals surface area (Å²) in [6.07, 6.45) is 4.14. The maximum atomic E-state index is 13.2. The average Bonchev–Trinajstić information content (AvgIpc) is 3.34. The van der Waals surface area contributed by atoms with Crippen molar-refractivity contribution in [3.05, 3.63) is 46.4 Å². The summed E-state index contributed by atoms with van der Waals surface area (Å²) in [6.45, 7) is 3.58. The summed E-state index contributed by atoms with van der Waals surface area (Å²) in [4.78, 5) is 30.5. The molecule has 0 aliphatic heterocycles. The molecule has 1 aromatic carbocycles. The van der Waals surface area contributed by atoms with E-state index in [-0.39, 0.29) is 17.5 Å². The molecule has 0 saturated heterocycles. The van der Waals surface area contributed by atoms with Gasteiger partial charge in [0.25, 0.3) is 5.56 Å². The minimum atomic E-state index is -0.453. The lowest BCUT2D eigenvalue weighted by Crippen LogP contribution is -2.28. The number of fused-ring (bicyclic) bond motifs is 1. The van der Waals surface area contributed by atoms with Gasteiger partial charge in [0.05, 0.1) is 21.8 Å². The van der Waals surface area contributed by atoms with E-state index in [0.29, 0.717) is 27.6 Å². The maximum Gasteiger partial charge on any atom is 0.262 e. The predicted octanol–water partition coefficient (Wildman–Crippen LogP) is 3.93. The van der Waals surface area contributed by atoms with Crippen LogP contribution in [0.4, 0.5) is 5.88 Å². The van der Waals surface area contributed by atoms with Crippen molar-refractivity contribution in [1.29, 1.82) is 0 Å². The Labute approximate surface area is 166 Å². The van der Waals surface area contributed by atoms with Crippen molar-refractivity contribution in [2.75, 3.05) is 5.32 Å². The maximum absolute atomic E-state index is 13.2. The quantitative estimate of drug-likeness (QED) is 0.517. The highest BCUT2D eigenvalue weighted by Crippen LogP contribution is 2.33. The number of hydrogen-bond donors (Lipinski definition) is 1. The number of hydrogen-bond acceptors (Lipinski definition) is 6. The zero-order valence-corrected chi connectivity index (χ0v) is 16.7. The van der Waals surface area contributed by atoms with E-state index in [0.717, 1.165) is 25.7 Å². The van der Waals surface area contributed by atoms with Crippen molar-refractivity contribution in [3.8, 4) is 0 Å². The van der Waals surface area contributed by atoms with Gasteiger partial charge in [0.15, 0.2) is 5.16 Å². The normalized spacial score (nSPS) is 15.8. The predicted molar refractivity (Wildman–Crippen MR) is 109 cm³/mol. The number of rotatable bonds is 5. The molecule has 1 aliphatic carbocycles. The summed E-state index contributed by atoms with van der Waals surface area (Å²) in [5.74, 6) is 0.0936. The van der Waals surface area contributed by atoms with E-state index in [9.17, 15) is 9.59 Å². The molecule has 1 N–H and O–H groups in total. The Balaban J connectivity index is 1.65. The molecule has 2 heterocycles. The molecule has 1 aliphatic rings. The van der Waals surface area contributed by atoms with Crippen LogP contribution in [0, 0.1) is 6.92 Å². The summed E-state index contributed by atoms with van der Waals surface area (Å²) >= 11 is 1.30. The number of nitrogens with one attached hydrogen (secondary N) is 1. The molecular weight excluding hydrogens is 376 g/mol. The number of nitrogens with zero attached hydrogens (tertiary/aromatic N) is 3. The van der Waals surface area contributed by atoms with Crippen molar-refractivity contribution in [2.45, 2.75) is 56.0 Å². The van der Waals surface area contributed by atoms with E-state index in [1.54, 1.807) is 24.5 Å². The number of anilines is 1. The van der Waals surface area contributed by atoms with Crippen LogP contribution in [0.25, 0.3) is 10.9 Å². The number of aromatic nitrogens is 3. The first-order valence-corrected chi connectivity index (χ1v) is 10.3. The van der Waals surface area contributed by atoms with Crippen LogP contribution in [0.3, 0.4) is 0 Å². The average molecular weight is 398 g/mol. The smallest absolute Gasteiger partial charge is 0.262 e. The monoisotopic (exact) mass is 398 g/mol. The second-order valence-electron chi connectivity index (χ2n) is 7.11. The number of carbonyl (C=O) groups excluding carboxylic acids is 1. The highest BCUT2D eigenvalue weighted by molar-refractivity contribution is 8.00. The zero-order valence-electron chi connectivity index (χ0n) is 15.8. The van der Waals surface area contributed by atoms with Crippen LogP contribution in [0.1, 0.15) is 44.3 Å². The van der Waals surface area contributed by atoms with Gasteiger partial charge in [-0.3, -0.25) is 19.5 Å². The van der Waals surface area contributed by atoms with Gasteiger partial charge in [-0.2, -0.15) is 0 Å². The van der Waals surface area contributed by atoms with Crippen LogP contribution in [-0.2, 0) is 4.79 Å². The van der Waals surface area contributed by atoms with Crippen LogP contribution >= 0.6 is 11.8 Å². The van der Waals surface area contributed by atoms with E-state index >= 15 is 0 Å². The van der Waals surface area contributed by atoms with Gasteiger partial charge in [0.2, 0.25) is 11.8 Å². The van der Waals surface area contributed by atoms with Gasteiger partial charge in [-0.25, -0.2) is 4.98 Å². The summed E-state index contributed by atoms with van der Waals surface area (Å²) in [6, 6.07) is 9.17. The zero-order chi connectivity index (χ0) is 19.7. The van der Waals surface area contributed by atoms with E-state index in [4.69, 9.17) is 9.51 Å². The van der Waals surface area contributed by atoms with Gasteiger partial charge in [0, 0.05) is 12.1 Å². The van der Waals surface area contributed by atoms with Crippen LogP contribution in [0.5, 0.6) is 0 Å². The van der Waals surface area contributed by atoms with E-state index in [1.807, 2.05) is 24.3 Å². The van der Waals surface area contributed by atoms with E-state index in [2.05, 4.69) is 10.5 Å². The summed E-state index contributed by atoms with van der Waals surface area (Å²) in [7, 11) is 0. The fourth-order valence-electron chi connectivity index (χ4n) is 3.55. The molecule has 0 bridgehead atoms. The molecule has 0 radical (unpaired) electrons. The largest absolute Gasteiger partial charge is 0.338 e. The van der Waals surface area contributed by atoms with Crippen molar-refractivity contribution < 1.29 is 9.32 Å². The molecule has 1 unspecified atom stereocenters. The molecule has 28 heavy (non-hydrogen) atoms. The first kappa shape index (κ1) is 18.7. The van der Waals surface area contributed by atoms with E-state index in [1.165, 1.54) is 11.8 Å². The van der Waals surface area contributed by atoms with Gasteiger partial charge < -0.3 is 4.52 Å². The molecule has 146 valence electrons. The Kier molecular flexibility index (Phi) is 5.21. The second-order valence-corrected chi connectivity index (χ2v) is 8.41. The molecule has 7 nitrogen and oxygen atoms in total. The van der Waals surface area contributed by atoms with Crippen LogP contribution in [-0.4, -0.2) is 25.9 Å². The highest BCUT2D eigenvalue weighted by atomic mass is 32.2. The minimum Gasteiger partial charge on any atom is -0.338 e. The fourth-order valence-corrected chi connectivity index (χ4v) is 4.53. The van der Waals surface area contributed by atoms with Gasteiger partial charge in [-0.15, -0.1) is 0 Å². The van der Waals surface area contributed by atoms with Crippen molar-refractivity contribution in [1.82, 2.24) is 14.7 Å². The molecule has 8 heteroatoms. The minimum absolute atomic E-state index is 0.0292. The number of carbonyl (C=O) groups is 1. The second kappa shape index (κ2) is 7.79. The number of para-hydroxylation sites is 1. The third-order valence-corrected chi connectivity index (χ3v) is 6.06. The Morgan fingerprint density at radius 3 is 2.79 bits per heavy atom. The Morgan fingerprint density at radius 2 is 2.07 bits per heavy atom. The van der Waals surface area contributed by atoms with Crippen LogP contribution < -0.4 is 10.9 Å². The lowest BCUT2D eigenvalue weighted by Gasteiger charge is -2.20. The van der Waals surface area contributed by atoms with Crippen LogP contribution in [0.2, 0.25) is 0 Å². The third-order valence-electron chi connectivity index (χ3n) is 4.99. The number of aryl methyl sites for hydroxylation is 1. The number of benzene rings is 1. The summed E-state index contributed by atoms with van der Waals surface area (Å²) in [5, 5.41) is 7.25. The first-order chi connectivity index (χ1) is 13.5. The highest BCUT2D eigenvalue weighted by Gasteiger charge is 2.26. The molecule has 3 aromatic rings. The van der Waals surface area contributed by atoms with Gasteiger partial charge in [-0.05, 0) is 38.8 Å². The van der Waals surface area contributed by atoms with Crippen molar-refractivity contribution in [3.63, 3.8) is 0 Å². The summed E-state index contributed by atoms with van der Waals surface area (Å²) < 4.78 is 6.85. The van der Waals surface area contributed by atoms with Crippen LogP contribution in [0.15, 0.2) is 44.8 Å². The fraction of sp³-hybridized carbons (Fsp3) is 0.400. The SMILES string of the molecule is Cc1cc(NC(=O)C(C)Sc2nc3ccccc3c(=O)n2C2CCCC2)on1. The molecule has 1 atom stereocenters. The Hall–Kier alpha value is -2.61. The first-order valence-electron chi connectivity index (χ1n) is 9.45. The molecule has 0 spiro atoms. The third kappa shape index (κ3) is 3.69. The molecule has 2 aromatic heterocycles. The van der Waals surface area contributed by atoms with Crippen molar-refractivity contribution >= 4 is 34.5 Å². The lowest BCUT2D eigenvalue weighted by atomic mass is 10.2. The molecule has 1 fully saturated rings. The standard InChI is InChI=1S/C20H22N4O3S/c1-12-11-17(27-23-12)22-18(25)13(2)28-20-21-16-10-6-5-9-15(16)19(26)24(20)14-7-3-4-8-14/h5-6,9-11,13-14H,3-4,7-8H2,1-2H3,(H,22,25). The topological polar surface area (TPSA) is 90.0 Å². The molecule has 4 rings (SSSR count). The summed E-state index contributed by atoms with van der Waals surface area (Å²) in [5.41, 5.74) is 1.32. The lowest BCUT2D eigenvalue weighted by molar-refractivity contribution is -0.115. The molecular formula is C20H22N4O3S. The number of amides is 1.